The zero-order valence-electron chi connectivity index (χ0n) is 14.8. The van der Waals surface area contributed by atoms with Crippen LogP contribution in [0.25, 0.3) is 16.9 Å². The van der Waals surface area contributed by atoms with Crippen molar-refractivity contribution < 1.29 is 25.8 Å². The summed E-state index contributed by atoms with van der Waals surface area (Å²) in [4.78, 5) is 3.78. The molecule has 2 aromatic carbocycles. The highest BCUT2D eigenvalue weighted by molar-refractivity contribution is 7.85. The van der Waals surface area contributed by atoms with Gasteiger partial charge in [0.05, 0.1) is 18.6 Å². The first kappa shape index (κ1) is 20.1. The predicted molar refractivity (Wildman–Crippen MR) is 98.5 cm³/mol. The molecule has 5 nitrogen and oxygen atoms in total. The summed E-state index contributed by atoms with van der Waals surface area (Å²) in [7, 11) is -3.53. The van der Waals surface area contributed by atoms with Gasteiger partial charge in [0.25, 0.3) is 10.1 Å². The summed E-state index contributed by atoms with van der Waals surface area (Å²) in [6.07, 6.45) is -1.99. The van der Waals surface area contributed by atoms with Crippen molar-refractivity contribution >= 4 is 10.1 Å². The Morgan fingerprint density at radius 1 is 1.04 bits per heavy atom. The van der Waals surface area contributed by atoms with Gasteiger partial charge in [0.1, 0.15) is 0 Å². The Morgan fingerprint density at radius 3 is 2.25 bits per heavy atom. The van der Waals surface area contributed by atoms with E-state index in [9.17, 15) is 21.6 Å². The smallest absolute Gasteiger partial charge is 0.296 e. The van der Waals surface area contributed by atoms with E-state index in [-0.39, 0.29) is 12.3 Å². The van der Waals surface area contributed by atoms with Crippen LogP contribution in [0.2, 0.25) is 0 Å². The number of halogens is 3. The van der Waals surface area contributed by atoms with E-state index in [2.05, 4.69) is 9.17 Å². The van der Waals surface area contributed by atoms with Gasteiger partial charge in [0, 0.05) is 17.4 Å². The standard InChI is InChI=1S/C19H17F3N2O3S/c1-28(25,26)27-12-11-14-7-9-16(10-8-14)24-13-17(15-5-3-2-4-6-15)23-18(24)19(20,21)22/h2-10,13H,11-12H2,1H3. The number of hydrogen-bond donors (Lipinski definition) is 0. The highest BCUT2D eigenvalue weighted by Crippen LogP contribution is 2.33. The van der Waals surface area contributed by atoms with Gasteiger partial charge in [-0.3, -0.25) is 8.75 Å². The number of nitrogens with zero attached hydrogens (tertiary/aromatic N) is 2. The summed E-state index contributed by atoms with van der Waals surface area (Å²) < 4.78 is 68.0. The lowest BCUT2D eigenvalue weighted by Crippen LogP contribution is -2.13. The molecule has 0 saturated heterocycles. The molecule has 28 heavy (non-hydrogen) atoms. The second-order valence-electron chi connectivity index (χ2n) is 6.13. The van der Waals surface area contributed by atoms with E-state index in [4.69, 9.17) is 0 Å². The van der Waals surface area contributed by atoms with E-state index >= 15 is 0 Å². The topological polar surface area (TPSA) is 61.2 Å². The van der Waals surface area contributed by atoms with Crippen molar-refractivity contribution in [3.63, 3.8) is 0 Å². The molecular weight excluding hydrogens is 393 g/mol. The monoisotopic (exact) mass is 410 g/mol. The number of benzene rings is 2. The van der Waals surface area contributed by atoms with Gasteiger partial charge in [-0.1, -0.05) is 42.5 Å². The maximum Gasteiger partial charge on any atom is 0.450 e. The summed E-state index contributed by atoms with van der Waals surface area (Å²) in [6, 6.07) is 14.9. The molecule has 0 aliphatic carbocycles. The maximum atomic E-state index is 13.5. The van der Waals surface area contributed by atoms with Crippen molar-refractivity contribution in [2.45, 2.75) is 12.6 Å². The average Bonchev–Trinajstić information content (AvgIpc) is 3.08. The third-order valence-electron chi connectivity index (χ3n) is 3.93. The van der Waals surface area contributed by atoms with E-state index in [1.807, 2.05) is 0 Å². The largest absolute Gasteiger partial charge is 0.450 e. The van der Waals surface area contributed by atoms with E-state index in [0.717, 1.165) is 16.4 Å². The van der Waals surface area contributed by atoms with Crippen LogP contribution < -0.4 is 0 Å². The first-order chi connectivity index (χ1) is 13.1. The summed E-state index contributed by atoms with van der Waals surface area (Å²) >= 11 is 0. The minimum atomic E-state index is -4.62. The Morgan fingerprint density at radius 2 is 1.68 bits per heavy atom. The number of aromatic nitrogens is 2. The molecule has 1 heterocycles. The second-order valence-corrected chi connectivity index (χ2v) is 7.77. The SMILES string of the molecule is CS(=O)(=O)OCCc1ccc(-n2cc(-c3ccccc3)nc2C(F)(F)F)cc1. The molecule has 0 aliphatic heterocycles. The molecule has 3 aromatic rings. The Hall–Kier alpha value is -2.65. The van der Waals surface area contributed by atoms with Crippen LogP contribution in [-0.4, -0.2) is 30.8 Å². The van der Waals surface area contributed by atoms with Gasteiger partial charge < -0.3 is 0 Å². The third kappa shape index (κ3) is 4.99. The Bertz CT molecular complexity index is 1040. The molecule has 1 aromatic heterocycles. The average molecular weight is 410 g/mol. The van der Waals surface area contributed by atoms with Gasteiger partial charge in [-0.25, -0.2) is 4.98 Å². The molecule has 0 fully saturated rings. The van der Waals surface area contributed by atoms with Crippen LogP contribution in [0.5, 0.6) is 0 Å². The summed E-state index contributed by atoms with van der Waals surface area (Å²) in [5, 5.41) is 0. The van der Waals surface area contributed by atoms with Crippen LogP contribution in [0.1, 0.15) is 11.4 Å². The molecule has 0 bridgehead atoms. The van der Waals surface area contributed by atoms with E-state index < -0.39 is 22.1 Å². The number of rotatable bonds is 6. The lowest BCUT2D eigenvalue weighted by Gasteiger charge is -2.11. The Labute approximate surface area is 160 Å². The molecule has 0 spiro atoms. The number of hydrogen-bond acceptors (Lipinski definition) is 4. The molecule has 9 heteroatoms. The molecule has 0 radical (unpaired) electrons. The third-order valence-corrected chi connectivity index (χ3v) is 4.53. The summed E-state index contributed by atoms with van der Waals surface area (Å²) in [5.74, 6) is -1.01. The molecular formula is C19H17F3N2O3S. The van der Waals surface area contributed by atoms with Crippen molar-refractivity contribution in [1.29, 1.82) is 0 Å². The fourth-order valence-corrected chi connectivity index (χ4v) is 3.05. The van der Waals surface area contributed by atoms with Crippen LogP contribution in [0.3, 0.4) is 0 Å². The molecule has 0 N–H and O–H groups in total. The minimum Gasteiger partial charge on any atom is -0.296 e. The van der Waals surface area contributed by atoms with Crippen LogP contribution in [0.4, 0.5) is 13.2 Å². The van der Waals surface area contributed by atoms with E-state index in [1.165, 1.54) is 18.3 Å². The first-order valence-corrected chi connectivity index (χ1v) is 10.1. The first-order valence-electron chi connectivity index (χ1n) is 8.29. The fraction of sp³-hybridized carbons (Fsp3) is 0.211. The lowest BCUT2D eigenvalue weighted by molar-refractivity contribution is -0.145. The highest BCUT2D eigenvalue weighted by Gasteiger charge is 2.37. The summed E-state index contributed by atoms with van der Waals surface area (Å²) in [5.41, 5.74) is 1.85. The zero-order chi connectivity index (χ0) is 20.4. The number of alkyl halides is 3. The molecule has 148 valence electrons. The molecule has 0 aliphatic rings. The quantitative estimate of drug-likeness (QED) is 0.575. The van der Waals surface area contributed by atoms with Crippen molar-refractivity contribution in [1.82, 2.24) is 9.55 Å². The highest BCUT2D eigenvalue weighted by atomic mass is 32.2. The van der Waals surface area contributed by atoms with Crippen molar-refractivity contribution in [3.8, 4) is 16.9 Å². The van der Waals surface area contributed by atoms with Gasteiger partial charge in [0.2, 0.25) is 5.82 Å². The van der Waals surface area contributed by atoms with E-state index in [0.29, 0.717) is 17.7 Å². The molecule has 0 atom stereocenters. The molecule has 3 rings (SSSR count). The van der Waals surface area contributed by atoms with Gasteiger partial charge >= 0.3 is 6.18 Å². The molecule has 0 unspecified atom stereocenters. The predicted octanol–water partition coefficient (Wildman–Crippen LogP) is 4.08. The Kier molecular flexibility index (Phi) is 5.57. The van der Waals surface area contributed by atoms with Crippen LogP contribution in [0, 0.1) is 0 Å². The van der Waals surface area contributed by atoms with Gasteiger partial charge in [-0.2, -0.15) is 21.6 Å². The van der Waals surface area contributed by atoms with Gasteiger partial charge in [-0.15, -0.1) is 0 Å². The fourth-order valence-electron chi connectivity index (χ4n) is 2.66. The van der Waals surface area contributed by atoms with Crippen LogP contribution in [-0.2, 0) is 26.9 Å². The minimum absolute atomic E-state index is 0.0325. The van der Waals surface area contributed by atoms with E-state index in [1.54, 1.807) is 42.5 Å². The van der Waals surface area contributed by atoms with Crippen LogP contribution >= 0.6 is 0 Å². The zero-order valence-corrected chi connectivity index (χ0v) is 15.7. The van der Waals surface area contributed by atoms with Crippen LogP contribution in [0.15, 0.2) is 60.8 Å². The van der Waals surface area contributed by atoms with Gasteiger partial charge in [0.15, 0.2) is 0 Å². The van der Waals surface area contributed by atoms with Crippen molar-refractivity contribution in [2.24, 2.45) is 0 Å². The summed E-state index contributed by atoms with van der Waals surface area (Å²) in [6.45, 7) is -0.0325. The van der Waals surface area contributed by atoms with Crippen molar-refractivity contribution in [2.75, 3.05) is 12.9 Å². The molecule has 0 amide bonds. The normalized spacial score (nSPS) is 12.3. The van der Waals surface area contributed by atoms with Gasteiger partial charge in [-0.05, 0) is 24.1 Å². The van der Waals surface area contributed by atoms with Crippen molar-refractivity contribution in [3.05, 3.63) is 72.2 Å². The Balaban J connectivity index is 1.89. The lowest BCUT2D eigenvalue weighted by atomic mass is 10.1. The maximum absolute atomic E-state index is 13.5. The number of imidazole rings is 1. The molecule has 0 saturated carbocycles. The second kappa shape index (κ2) is 7.76.